The second-order valence-corrected chi connectivity index (χ2v) is 8.72. The predicted octanol–water partition coefficient (Wildman–Crippen LogP) is 0.751. The lowest BCUT2D eigenvalue weighted by molar-refractivity contribution is -0.0383. The standard InChI is InChI=1S/C16H25N3O3S/c1-13-5-3-8-17-14(13)11-18-10-7-16(15(20)12-18)6-4-9-19(16)23(2,21)22/h3,5,8,15,20H,4,6-7,9-12H2,1-2H3/t15-,16-/m0/s1. The molecule has 3 heterocycles. The van der Waals surface area contributed by atoms with Crippen LogP contribution in [0.25, 0.3) is 0 Å². The average Bonchev–Trinajstić information content (AvgIpc) is 2.91. The fraction of sp³-hybridized carbons (Fsp3) is 0.688. The minimum atomic E-state index is -3.28. The molecule has 0 unspecified atom stereocenters. The van der Waals surface area contributed by atoms with Crippen LogP contribution in [0, 0.1) is 6.92 Å². The third kappa shape index (κ3) is 3.15. The molecule has 2 saturated heterocycles. The molecule has 0 saturated carbocycles. The Morgan fingerprint density at radius 3 is 2.83 bits per heavy atom. The van der Waals surface area contributed by atoms with Crippen LogP contribution in [0.4, 0.5) is 0 Å². The zero-order valence-corrected chi connectivity index (χ0v) is 14.6. The second kappa shape index (κ2) is 6.12. The number of piperidine rings is 1. The number of hydrogen-bond donors (Lipinski definition) is 1. The summed E-state index contributed by atoms with van der Waals surface area (Å²) < 4.78 is 25.7. The summed E-state index contributed by atoms with van der Waals surface area (Å²) in [5.41, 5.74) is 1.55. The first-order valence-electron chi connectivity index (χ1n) is 8.12. The quantitative estimate of drug-likeness (QED) is 0.880. The molecule has 0 radical (unpaired) electrons. The van der Waals surface area contributed by atoms with Gasteiger partial charge >= 0.3 is 0 Å². The molecule has 7 heteroatoms. The Morgan fingerprint density at radius 1 is 1.39 bits per heavy atom. The highest BCUT2D eigenvalue weighted by molar-refractivity contribution is 7.88. The number of aromatic nitrogens is 1. The van der Waals surface area contributed by atoms with Crippen molar-refractivity contribution in [2.24, 2.45) is 0 Å². The molecule has 0 aliphatic carbocycles. The number of aliphatic hydroxyl groups excluding tert-OH is 1. The van der Waals surface area contributed by atoms with Gasteiger partial charge in [0.15, 0.2) is 0 Å². The molecule has 23 heavy (non-hydrogen) atoms. The Morgan fingerprint density at radius 2 is 2.17 bits per heavy atom. The Labute approximate surface area is 138 Å². The van der Waals surface area contributed by atoms with Gasteiger partial charge in [0, 0.05) is 32.4 Å². The first-order valence-corrected chi connectivity index (χ1v) is 9.96. The molecule has 2 fully saturated rings. The highest BCUT2D eigenvalue weighted by Gasteiger charge is 2.52. The normalized spacial score (nSPS) is 30.1. The monoisotopic (exact) mass is 339 g/mol. The van der Waals surface area contributed by atoms with E-state index in [9.17, 15) is 13.5 Å². The maximum Gasteiger partial charge on any atom is 0.211 e. The summed E-state index contributed by atoms with van der Waals surface area (Å²) in [5, 5.41) is 10.7. The van der Waals surface area contributed by atoms with E-state index in [0.29, 0.717) is 26.1 Å². The number of β-amino-alcohol motifs (C(OH)–C–C–N with tert-alkyl or cyclic N) is 1. The van der Waals surface area contributed by atoms with E-state index in [1.165, 1.54) is 10.6 Å². The number of hydrogen-bond acceptors (Lipinski definition) is 5. The van der Waals surface area contributed by atoms with Gasteiger partial charge in [-0.15, -0.1) is 0 Å². The lowest BCUT2D eigenvalue weighted by Gasteiger charge is -2.47. The topological polar surface area (TPSA) is 73.7 Å². The van der Waals surface area contributed by atoms with Gasteiger partial charge in [0.1, 0.15) is 0 Å². The van der Waals surface area contributed by atoms with E-state index in [4.69, 9.17) is 0 Å². The van der Waals surface area contributed by atoms with Gasteiger partial charge < -0.3 is 5.11 Å². The minimum Gasteiger partial charge on any atom is -0.390 e. The van der Waals surface area contributed by atoms with E-state index in [2.05, 4.69) is 9.88 Å². The van der Waals surface area contributed by atoms with E-state index in [-0.39, 0.29) is 0 Å². The predicted molar refractivity (Wildman–Crippen MR) is 88.4 cm³/mol. The van der Waals surface area contributed by atoms with Gasteiger partial charge in [0.2, 0.25) is 10.0 Å². The van der Waals surface area contributed by atoms with Crippen LogP contribution in [0.5, 0.6) is 0 Å². The maximum atomic E-state index is 12.1. The Hall–Kier alpha value is -1.02. The number of pyridine rings is 1. The fourth-order valence-corrected chi connectivity index (χ4v) is 5.44. The molecule has 1 aromatic rings. The number of rotatable bonds is 3. The Kier molecular flexibility index (Phi) is 4.48. The molecular weight excluding hydrogens is 314 g/mol. The van der Waals surface area contributed by atoms with Crippen LogP contribution >= 0.6 is 0 Å². The van der Waals surface area contributed by atoms with E-state index < -0.39 is 21.7 Å². The van der Waals surface area contributed by atoms with Crippen LogP contribution in [-0.4, -0.2) is 65.2 Å². The number of aryl methyl sites for hydroxylation is 1. The molecule has 2 aliphatic rings. The molecule has 6 nitrogen and oxygen atoms in total. The summed E-state index contributed by atoms with van der Waals surface area (Å²) in [6.07, 6.45) is 4.62. The highest BCUT2D eigenvalue weighted by Crippen LogP contribution is 2.40. The van der Waals surface area contributed by atoms with Gasteiger partial charge in [-0.1, -0.05) is 6.07 Å². The lowest BCUT2D eigenvalue weighted by Crippen LogP contribution is -2.62. The summed E-state index contributed by atoms with van der Waals surface area (Å²) in [4.78, 5) is 6.58. The van der Waals surface area contributed by atoms with Crippen LogP contribution in [-0.2, 0) is 16.6 Å². The van der Waals surface area contributed by atoms with Crippen molar-refractivity contribution < 1.29 is 13.5 Å². The summed E-state index contributed by atoms with van der Waals surface area (Å²) in [7, 11) is -3.28. The van der Waals surface area contributed by atoms with Crippen LogP contribution < -0.4 is 0 Å². The summed E-state index contributed by atoms with van der Waals surface area (Å²) in [6, 6.07) is 3.95. The van der Waals surface area contributed by atoms with Gasteiger partial charge in [0.25, 0.3) is 0 Å². The maximum absolute atomic E-state index is 12.1. The zero-order valence-electron chi connectivity index (χ0n) is 13.8. The summed E-state index contributed by atoms with van der Waals surface area (Å²) in [5.74, 6) is 0. The number of aliphatic hydroxyl groups is 1. The van der Waals surface area contributed by atoms with Crippen molar-refractivity contribution in [2.75, 3.05) is 25.9 Å². The molecule has 2 atom stereocenters. The Balaban J connectivity index is 1.74. The SMILES string of the molecule is Cc1cccnc1CN1CC[C@@]2(CCCN2S(C)(=O)=O)[C@@H](O)C1. The summed E-state index contributed by atoms with van der Waals surface area (Å²) >= 11 is 0. The van der Waals surface area contributed by atoms with Gasteiger partial charge in [-0.3, -0.25) is 9.88 Å². The molecule has 0 bridgehead atoms. The molecule has 3 rings (SSSR count). The smallest absolute Gasteiger partial charge is 0.211 e. The van der Waals surface area contributed by atoms with E-state index in [0.717, 1.165) is 30.6 Å². The molecular formula is C16H25N3O3S. The van der Waals surface area contributed by atoms with Gasteiger partial charge in [0.05, 0.1) is 23.6 Å². The fourth-order valence-electron chi connectivity index (χ4n) is 4.02. The molecule has 0 aromatic carbocycles. The molecule has 128 valence electrons. The van der Waals surface area contributed by atoms with Crippen molar-refractivity contribution in [3.8, 4) is 0 Å². The third-order valence-electron chi connectivity index (χ3n) is 5.27. The molecule has 1 N–H and O–H groups in total. The van der Waals surface area contributed by atoms with Crippen molar-refractivity contribution in [3.05, 3.63) is 29.6 Å². The van der Waals surface area contributed by atoms with Crippen molar-refractivity contribution in [1.82, 2.24) is 14.2 Å². The van der Waals surface area contributed by atoms with Gasteiger partial charge in [-0.25, -0.2) is 8.42 Å². The largest absolute Gasteiger partial charge is 0.390 e. The van der Waals surface area contributed by atoms with Crippen molar-refractivity contribution in [3.63, 3.8) is 0 Å². The first kappa shape index (κ1) is 16.8. The molecule has 1 spiro atoms. The lowest BCUT2D eigenvalue weighted by atomic mass is 9.83. The average molecular weight is 339 g/mol. The van der Waals surface area contributed by atoms with Crippen LogP contribution in [0.1, 0.15) is 30.5 Å². The van der Waals surface area contributed by atoms with Gasteiger partial charge in [-0.05, 0) is 37.8 Å². The summed E-state index contributed by atoms with van der Waals surface area (Å²) in [6.45, 7) is 4.52. The molecule has 1 aromatic heterocycles. The number of sulfonamides is 1. The van der Waals surface area contributed by atoms with E-state index in [1.807, 2.05) is 19.1 Å². The van der Waals surface area contributed by atoms with E-state index in [1.54, 1.807) is 6.20 Å². The Bertz CT molecular complexity index is 679. The van der Waals surface area contributed by atoms with Crippen LogP contribution in [0.3, 0.4) is 0 Å². The second-order valence-electron chi connectivity index (χ2n) is 6.81. The van der Waals surface area contributed by atoms with Gasteiger partial charge in [-0.2, -0.15) is 4.31 Å². The van der Waals surface area contributed by atoms with Crippen molar-refractivity contribution in [1.29, 1.82) is 0 Å². The number of nitrogens with zero attached hydrogens (tertiary/aromatic N) is 3. The van der Waals surface area contributed by atoms with Crippen molar-refractivity contribution >= 4 is 10.0 Å². The molecule has 0 amide bonds. The number of likely N-dealkylation sites (tertiary alicyclic amines) is 1. The van der Waals surface area contributed by atoms with E-state index >= 15 is 0 Å². The minimum absolute atomic E-state index is 0.488. The first-order chi connectivity index (χ1) is 10.8. The van der Waals surface area contributed by atoms with Crippen LogP contribution in [0.15, 0.2) is 18.3 Å². The third-order valence-corrected chi connectivity index (χ3v) is 6.62. The van der Waals surface area contributed by atoms with Crippen LogP contribution in [0.2, 0.25) is 0 Å². The van der Waals surface area contributed by atoms with Crippen molar-refractivity contribution in [2.45, 2.75) is 44.4 Å². The zero-order chi connectivity index (χ0) is 16.7. The molecule has 2 aliphatic heterocycles. The highest BCUT2D eigenvalue weighted by atomic mass is 32.2.